The first kappa shape index (κ1) is 23.3. The molecule has 2 aliphatic rings. The molecule has 7 nitrogen and oxygen atoms in total. The van der Waals surface area contributed by atoms with Gasteiger partial charge in [0.15, 0.2) is 5.17 Å². The molecule has 0 saturated carbocycles. The first-order valence-corrected chi connectivity index (χ1v) is 13.1. The molecule has 2 heterocycles. The molecule has 0 bridgehead atoms. The van der Waals surface area contributed by atoms with Crippen LogP contribution >= 0.6 is 23.4 Å². The van der Waals surface area contributed by atoms with E-state index < -0.39 is 10.0 Å². The Kier molecular flexibility index (Phi) is 7.21. The van der Waals surface area contributed by atoms with E-state index in [-0.39, 0.29) is 10.8 Å². The van der Waals surface area contributed by atoms with Gasteiger partial charge >= 0.3 is 0 Å². The summed E-state index contributed by atoms with van der Waals surface area (Å²) >= 11 is 7.74. The van der Waals surface area contributed by atoms with Crippen LogP contribution in [0.2, 0.25) is 5.02 Å². The number of hydrogen-bond donors (Lipinski definition) is 0. The van der Waals surface area contributed by atoms with Crippen LogP contribution in [-0.2, 0) is 14.8 Å². The van der Waals surface area contributed by atoms with Gasteiger partial charge in [0.25, 0.3) is 5.91 Å². The Morgan fingerprint density at radius 3 is 2.50 bits per heavy atom. The maximum atomic E-state index is 13.2. The number of benzene rings is 2. The second-order valence-electron chi connectivity index (χ2n) is 7.53. The smallest absolute Gasteiger partial charge is 0.259 e. The fraction of sp³-hybridized carbons (Fsp3) is 0.364. The van der Waals surface area contributed by atoms with Crippen LogP contribution < -0.4 is 0 Å². The minimum atomic E-state index is -3.60. The summed E-state index contributed by atoms with van der Waals surface area (Å²) in [6, 6.07) is 11.7. The van der Waals surface area contributed by atoms with Gasteiger partial charge in [-0.25, -0.2) is 13.4 Å². The van der Waals surface area contributed by atoms with E-state index in [0.29, 0.717) is 54.3 Å². The lowest BCUT2D eigenvalue weighted by Gasteiger charge is -2.28. The van der Waals surface area contributed by atoms with Crippen molar-refractivity contribution >= 4 is 50.1 Å². The zero-order valence-corrected chi connectivity index (χ0v) is 20.0. The summed E-state index contributed by atoms with van der Waals surface area (Å²) < 4.78 is 32.3. The highest BCUT2D eigenvalue weighted by atomic mass is 35.5. The number of ether oxygens (including phenoxy) is 1. The van der Waals surface area contributed by atoms with Crippen LogP contribution in [0.3, 0.4) is 0 Å². The second kappa shape index (κ2) is 9.93. The van der Waals surface area contributed by atoms with Gasteiger partial charge in [-0.15, -0.1) is 0 Å². The largest absolute Gasteiger partial charge is 0.379 e. The van der Waals surface area contributed by atoms with Crippen molar-refractivity contribution in [2.24, 2.45) is 4.99 Å². The van der Waals surface area contributed by atoms with Gasteiger partial charge in [-0.3, -0.25) is 9.69 Å². The number of halogens is 1. The topological polar surface area (TPSA) is 79.3 Å². The van der Waals surface area contributed by atoms with Gasteiger partial charge in [-0.1, -0.05) is 29.4 Å². The SMILES string of the molecule is Cc1ccc(N=C2SCCCN2C(=O)c2ccc(S(=O)(=O)N3CCOCC3)cc2)cc1Cl. The molecular weight excluding hydrogens is 470 g/mol. The fourth-order valence-electron chi connectivity index (χ4n) is 3.46. The van der Waals surface area contributed by atoms with Crippen molar-refractivity contribution in [2.45, 2.75) is 18.2 Å². The molecule has 0 aliphatic carbocycles. The van der Waals surface area contributed by atoms with Crippen LogP contribution in [0.4, 0.5) is 5.69 Å². The van der Waals surface area contributed by atoms with Crippen LogP contribution in [-0.4, -0.2) is 67.3 Å². The number of hydrogen-bond acceptors (Lipinski definition) is 6. The highest BCUT2D eigenvalue weighted by molar-refractivity contribution is 8.13. The molecule has 1 amide bonds. The molecule has 170 valence electrons. The minimum Gasteiger partial charge on any atom is -0.379 e. The summed E-state index contributed by atoms with van der Waals surface area (Å²) in [5.41, 5.74) is 2.07. The highest BCUT2D eigenvalue weighted by Crippen LogP contribution is 2.27. The van der Waals surface area contributed by atoms with E-state index in [2.05, 4.69) is 4.99 Å². The van der Waals surface area contributed by atoms with Gasteiger partial charge in [0.2, 0.25) is 10.0 Å². The van der Waals surface area contributed by atoms with E-state index in [9.17, 15) is 13.2 Å². The zero-order valence-electron chi connectivity index (χ0n) is 17.7. The number of amidine groups is 1. The quantitative estimate of drug-likeness (QED) is 0.644. The summed E-state index contributed by atoms with van der Waals surface area (Å²) in [7, 11) is -3.60. The monoisotopic (exact) mass is 493 g/mol. The standard InChI is InChI=1S/C22H24ClN3O4S2/c1-16-3-6-18(15-20(16)23)24-22-26(9-2-14-31-22)21(27)17-4-7-19(8-5-17)32(28,29)25-10-12-30-13-11-25/h3-8,15H,2,9-14H2,1H3. The number of rotatable bonds is 4. The molecule has 0 atom stereocenters. The average Bonchev–Trinajstić information content (AvgIpc) is 2.82. The van der Waals surface area contributed by atoms with Crippen molar-refractivity contribution in [1.82, 2.24) is 9.21 Å². The molecule has 0 N–H and O–H groups in total. The van der Waals surface area contributed by atoms with Crippen molar-refractivity contribution in [3.05, 3.63) is 58.6 Å². The molecule has 0 aromatic heterocycles. The number of sulfonamides is 1. The summed E-state index contributed by atoms with van der Waals surface area (Å²) in [5.74, 6) is 0.670. The predicted molar refractivity (Wildman–Crippen MR) is 127 cm³/mol. The van der Waals surface area contributed by atoms with Gasteiger partial charge in [0.05, 0.1) is 23.8 Å². The number of amides is 1. The van der Waals surface area contributed by atoms with Crippen LogP contribution in [0, 0.1) is 6.92 Å². The van der Waals surface area contributed by atoms with Gasteiger partial charge in [0.1, 0.15) is 0 Å². The maximum absolute atomic E-state index is 13.2. The molecule has 32 heavy (non-hydrogen) atoms. The normalized spacial score (nSPS) is 19.3. The third-order valence-electron chi connectivity index (χ3n) is 5.32. The second-order valence-corrected chi connectivity index (χ2v) is 10.9. The average molecular weight is 494 g/mol. The first-order chi connectivity index (χ1) is 15.4. The Labute approximate surface area is 197 Å². The van der Waals surface area contributed by atoms with E-state index in [4.69, 9.17) is 16.3 Å². The van der Waals surface area contributed by atoms with Crippen molar-refractivity contribution in [3.8, 4) is 0 Å². The molecule has 4 rings (SSSR count). The number of aryl methyl sites for hydroxylation is 1. The highest BCUT2D eigenvalue weighted by Gasteiger charge is 2.28. The van der Waals surface area contributed by atoms with Crippen molar-refractivity contribution < 1.29 is 17.9 Å². The lowest BCUT2D eigenvalue weighted by molar-refractivity contribution is 0.0730. The molecule has 0 unspecified atom stereocenters. The molecule has 10 heteroatoms. The number of morpholine rings is 1. The van der Waals surface area contributed by atoms with E-state index in [0.717, 1.165) is 17.7 Å². The molecule has 0 spiro atoms. The zero-order chi connectivity index (χ0) is 22.7. The number of carbonyl (C=O) groups is 1. The van der Waals surface area contributed by atoms with Crippen molar-refractivity contribution in [2.75, 3.05) is 38.6 Å². The summed E-state index contributed by atoms with van der Waals surface area (Å²) in [5, 5.41) is 1.24. The molecule has 2 aliphatic heterocycles. The molecule has 2 fully saturated rings. The van der Waals surface area contributed by atoms with Crippen molar-refractivity contribution in [3.63, 3.8) is 0 Å². The summed E-state index contributed by atoms with van der Waals surface area (Å²) in [6.07, 6.45) is 0.855. The van der Waals surface area contributed by atoms with Crippen molar-refractivity contribution in [1.29, 1.82) is 0 Å². The molecular formula is C22H24ClN3O4S2. The Morgan fingerprint density at radius 1 is 1.09 bits per heavy atom. The van der Waals surface area contributed by atoms with E-state index >= 15 is 0 Å². The maximum Gasteiger partial charge on any atom is 0.259 e. The van der Waals surface area contributed by atoms with E-state index in [1.54, 1.807) is 23.1 Å². The van der Waals surface area contributed by atoms with E-state index in [1.165, 1.54) is 28.2 Å². The van der Waals surface area contributed by atoms with Gasteiger partial charge in [-0.05, 0) is 55.3 Å². The van der Waals surface area contributed by atoms with E-state index in [1.807, 2.05) is 19.1 Å². The third-order valence-corrected chi connectivity index (χ3v) is 8.71. The van der Waals surface area contributed by atoms with Gasteiger partial charge in [0, 0.05) is 36.0 Å². The number of aliphatic imine (C=N–C) groups is 1. The fourth-order valence-corrected chi connectivity index (χ4v) is 6.00. The number of nitrogens with zero attached hydrogens (tertiary/aromatic N) is 3. The summed E-state index contributed by atoms with van der Waals surface area (Å²) in [6.45, 7) is 3.91. The predicted octanol–water partition coefficient (Wildman–Crippen LogP) is 3.94. The lowest BCUT2D eigenvalue weighted by atomic mass is 10.2. The third kappa shape index (κ3) is 5.02. The van der Waals surface area contributed by atoms with Gasteiger partial charge in [-0.2, -0.15) is 4.31 Å². The first-order valence-electron chi connectivity index (χ1n) is 10.3. The lowest BCUT2D eigenvalue weighted by Crippen LogP contribution is -2.40. The Bertz CT molecular complexity index is 1130. The van der Waals surface area contributed by atoms with Crippen LogP contribution in [0.5, 0.6) is 0 Å². The number of carbonyl (C=O) groups excluding carboxylic acids is 1. The number of thioether (sulfide) groups is 1. The van der Waals surface area contributed by atoms with Crippen LogP contribution in [0.1, 0.15) is 22.3 Å². The molecule has 0 radical (unpaired) electrons. The minimum absolute atomic E-state index is 0.173. The molecule has 2 aromatic rings. The molecule has 2 saturated heterocycles. The van der Waals surface area contributed by atoms with Gasteiger partial charge < -0.3 is 4.74 Å². The Morgan fingerprint density at radius 2 is 1.81 bits per heavy atom. The van der Waals surface area contributed by atoms with Crippen LogP contribution in [0.25, 0.3) is 0 Å². The Balaban J connectivity index is 1.55. The molecule has 2 aromatic carbocycles. The Hall–Kier alpha value is -1.91. The van der Waals surface area contributed by atoms with Crippen LogP contribution in [0.15, 0.2) is 52.4 Å². The summed E-state index contributed by atoms with van der Waals surface area (Å²) in [4.78, 5) is 19.7.